The second-order valence-corrected chi connectivity index (χ2v) is 5.56. The molecule has 88 valence electrons. The Labute approximate surface area is 90.9 Å². The summed E-state index contributed by atoms with van der Waals surface area (Å²) in [4.78, 5) is 12.8. The van der Waals surface area contributed by atoms with Crippen LogP contribution in [0.4, 0.5) is 0 Å². The van der Waals surface area contributed by atoms with Crippen molar-refractivity contribution in [1.82, 2.24) is 4.90 Å². The lowest BCUT2D eigenvalue weighted by molar-refractivity contribution is -0.159. The number of aliphatic carboxylic acids is 1. The number of aliphatic hydroxyl groups is 1. The van der Waals surface area contributed by atoms with Crippen LogP contribution in [0.3, 0.4) is 0 Å². The maximum absolute atomic E-state index is 10.8. The Morgan fingerprint density at radius 2 is 2.13 bits per heavy atom. The molecule has 4 heteroatoms. The minimum atomic E-state index is -1.63. The number of hydrogen-bond donors (Lipinski definition) is 2. The zero-order valence-corrected chi connectivity index (χ0v) is 9.79. The fraction of sp³-hybridized carbons (Fsp3) is 0.909. The number of piperidine rings is 1. The van der Waals surface area contributed by atoms with Crippen LogP contribution in [0.5, 0.6) is 0 Å². The first kappa shape index (κ1) is 12.5. The molecule has 0 aliphatic carbocycles. The normalized spacial score (nSPS) is 25.9. The quantitative estimate of drug-likeness (QED) is 0.735. The van der Waals surface area contributed by atoms with Crippen molar-refractivity contribution in [2.75, 3.05) is 19.6 Å². The van der Waals surface area contributed by atoms with Crippen molar-refractivity contribution in [3.8, 4) is 0 Å². The fourth-order valence-corrected chi connectivity index (χ4v) is 2.18. The van der Waals surface area contributed by atoms with E-state index in [0.29, 0.717) is 0 Å². The number of hydrogen-bond acceptors (Lipinski definition) is 3. The Hall–Kier alpha value is -0.610. The summed E-state index contributed by atoms with van der Waals surface area (Å²) in [5.41, 5.74) is -1.40. The van der Waals surface area contributed by atoms with Crippen molar-refractivity contribution in [3.63, 3.8) is 0 Å². The molecule has 0 radical (unpaired) electrons. The summed E-state index contributed by atoms with van der Waals surface area (Å²) in [6, 6.07) is 0. The highest BCUT2D eigenvalue weighted by atomic mass is 16.4. The Balaban J connectivity index is 2.55. The molecule has 0 bridgehead atoms. The maximum Gasteiger partial charge on any atom is 0.336 e. The molecule has 0 spiro atoms. The molecule has 0 aromatic heterocycles. The molecule has 1 aliphatic heterocycles. The lowest BCUT2D eigenvalue weighted by Crippen LogP contribution is -2.51. The molecular formula is C11H21NO3. The third-order valence-electron chi connectivity index (χ3n) is 2.97. The predicted octanol–water partition coefficient (Wildman–Crippen LogP) is 0.944. The van der Waals surface area contributed by atoms with E-state index in [1.54, 1.807) is 0 Å². The summed E-state index contributed by atoms with van der Waals surface area (Å²) in [5, 5.41) is 18.5. The zero-order valence-electron chi connectivity index (χ0n) is 9.79. The van der Waals surface area contributed by atoms with Crippen molar-refractivity contribution in [3.05, 3.63) is 0 Å². The van der Waals surface area contributed by atoms with E-state index in [4.69, 9.17) is 5.11 Å². The van der Waals surface area contributed by atoms with E-state index in [0.717, 1.165) is 19.5 Å². The van der Waals surface area contributed by atoms with Gasteiger partial charge in [0.25, 0.3) is 0 Å². The highest BCUT2D eigenvalue weighted by molar-refractivity contribution is 5.76. The van der Waals surface area contributed by atoms with Gasteiger partial charge in [0.05, 0.1) is 0 Å². The third-order valence-corrected chi connectivity index (χ3v) is 2.97. The van der Waals surface area contributed by atoms with Gasteiger partial charge in [-0.3, -0.25) is 4.90 Å². The van der Waals surface area contributed by atoms with Crippen molar-refractivity contribution in [2.45, 2.75) is 39.2 Å². The smallest absolute Gasteiger partial charge is 0.336 e. The Kier molecular flexibility index (Phi) is 3.41. The minimum Gasteiger partial charge on any atom is -0.479 e. The lowest BCUT2D eigenvalue weighted by atomic mass is 9.83. The maximum atomic E-state index is 10.8. The van der Waals surface area contributed by atoms with E-state index in [9.17, 15) is 9.90 Å². The molecule has 1 fully saturated rings. The van der Waals surface area contributed by atoms with Crippen LogP contribution >= 0.6 is 0 Å². The van der Waals surface area contributed by atoms with E-state index < -0.39 is 11.6 Å². The molecule has 2 N–H and O–H groups in total. The molecule has 15 heavy (non-hydrogen) atoms. The summed E-state index contributed by atoms with van der Waals surface area (Å²) in [5.74, 6) is -1.15. The second-order valence-electron chi connectivity index (χ2n) is 5.56. The van der Waals surface area contributed by atoms with Crippen LogP contribution in [0.25, 0.3) is 0 Å². The number of β-amino-alcohol motifs (C(OH)–C–C–N with tert-alkyl or cyclic N) is 1. The van der Waals surface area contributed by atoms with Gasteiger partial charge in [0.1, 0.15) is 0 Å². The largest absolute Gasteiger partial charge is 0.479 e. The molecule has 4 nitrogen and oxygen atoms in total. The van der Waals surface area contributed by atoms with E-state index in [-0.39, 0.29) is 12.0 Å². The van der Waals surface area contributed by atoms with Gasteiger partial charge in [0.15, 0.2) is 5.60 Å². The van der Waals surface area contributed by atoms with E-state index in [2.05, 4.69) is 13.8 Å². The van der Waals surface area contributed by atoms with Crippen molar-refractivity contribution in [2.24, 2.45) is 5.41 Å². The molecule has 1 unspecified atom stereocenters. The summed E-state index contributed by atoms with van der Waals surface area (Å²) < 4.78 is 0. The first-order valence-corrected chi connectivity index (χ1v) is 5.41. The molecular weight excluding hydrogens is 194 g/mol. The second kappa shape index (κ2) is 4.10. The minimum absolute atomic E-state index is 0.214. The summed E-state index contributed by atoms with van der Waals surface area (Å²) in [6.07, 6.45) is 2.24. The average molecular weight is 215 g/mol. The van der Waals surface area contributed by atoms with Gasteiger partial charge < -0.3 is 10.2 Å². The van der Waals surface area contributed by atoms with Crippen LogP contribution in [0.1, 0.15) is 33.6 Å². The van der Waals surface area contributed by atoms with Crippen molar-refractivity contribution < 1.29 is 15.0 Å². The summed E-state index contributed by atoms with van der Waals surface area (Å²) in [6.45, 7) is 7.66. The molecule has 1 heterocycles. The standard InChI is InChI=1S/C11H21NO3/c1-10(2)5-4-6-12(7-10)8-11(3,15)9(13)14/h15H,4-8H2,1-3H3,(H,13,14). The van der Waals surface area contributed by atoms with Gasteiger partial charge in [0, 0.05) is 13.1 Å². The van der Waals surface area contributed by atoms with Crippen LogP contribution in [0, 0.1) is 5.41 Å². The molecule has 1 aliphatic rings. The molecule has 1 saturated heterocycles. The molecule has 0 amide bonds. The highest BCUT2D eigenvalue weighted by Crippen LogP contribution is 2.29. The van der Waals surface area contributed by atoms with E-state index >= 15 is 0 Å². The SMILES string of the molecule is CC1(C)CCCN(CC(C)(O)C(=O)O)C1. The Morgan fingerprint density at radius 1 is 1.53 bits per heavy atom. The van der Waals surface area contributed by atoms with Crippen LogP contribution in [0.15, 0.2) is 0 Å². The fourth-order valence-electron chi connectivity index (χ4n) is 2.18. The highest BCUT2D eigenvalue weighted by Gasteiger charge is 2.35. The third kappa shape index (κ3) is 3.47. The first-order valence-electron chi connectivity index (χ1n) is 5.41. The lowest BCUT2D eigenvalue weighted by Gasteiger charge is -2.40. The number of carbonyl (C=O) groups is 1. The summed E-state index contributed by atoms with van der Waals surface area (Å²) in [7, 11) is 0. The van der Waals surface area contributed by atoms with Crippen LogP contribution in [-0.2, 0) is 4.79 Å². The summed E-state index contributed by atoms with van der Waals surface area (Å²) >= 11 is 0. The van der Waals surface area contributed by atoms with Gasteiger partial charge in [-0.2, -0.15) is 0 Å². The number of carboxylic acids is 1. The van der Waals surface area contributed by atoms with Gasteiger partial charge in [-0.1, -0.05) is 13.8 Å². The number of likely N-dealkylation sites (tertiary alicyclic amines) is 1. The topological polar surface area (TPSA) is 60.8 Å². The molecule has 0 aromatic carbocycles. The van der Waals surface area contributed by atoms with E-state index in [1.165, 1.54) is 13.3 Å². The first-order chi connectivity index (χ1) is 6.73. The monoisotopic (exact) mass is 215 g/mol. The van der Waals surface area contributed by atoms with Gasteiger partial charge >= 0.3 is 5.97 Å². The van der Waals surface area contributed by atoms with Gasteiger partial charge in [-0.15, -0.1) is 0 Å². The van der Waals surface area contributed by atoms with Crippen molar-refractivity contribution in [1.29, 1.82) is 0 Å². The number of carboxylic acid groups (broad SMARTS) is 1. The number of nitrogens with zero attached hydrogens (tertiary/aromatic N) is 1. The number of rotatable bonds is 3. The Bertz CT molecular complexity index is 248. The van der Waals surface area contributed by atoms with Gasteiger partial charge in [0.2, 0.25) is 0 Å². The predicted molar refractivity (Wildman–Crippen MR) is 57.7 cm³/mol. The van der Waals surface area contributed by atoms with Crippen LogP contribution in [0.2, 0.25) is 0 Å². The van der Waals surface area contributed by atoms with Crippen molar-refractivity contribution >= 4 is 5.97 Å². The average Bonchev–Trinajstić information content (AvgIpc) is 2.00. The van der Waals surface area contributed by atoms with E-state index in [1.807, 2.05) is 4.90 Å². The molecule has 0 aromatic rings. The zero-order chi connectivity index (χ0) is 11.7. The van der Waals surface area contributed by atoms with Gasteiger partial charge in [-0.25, -0.2) is 4.79 Å². The molecule has 1 atom stereocenters. The van der Waals surface area contributed by atoms with Crippen LogP contribution < -0.4 is 0 Å². The molecule has 0 saturated carbocycles. The van der Waals surface area contributed by atoms with Crippen LogP contribution in [-0.4, -0.2) is 46.3 Å². The Morgan fingerprint density at radius 3 is 2.60 bits per heavy atom. The van der Waals surface area contributed by atoms with Gasteiger partial charge in [-0.05, 0) is 31.7 Å². The molecule has 1 rings (SSSR count).